The maximum atomic E-state index is 12.0. The highest BCUT2D eigenvalue weighted by molar-refractivity contribution is 9.10. The van der Waals surface area contributed by atoms with E-state index in [1.807, 2.05) is 6.07 Å². The van der Waals surface area contributed by atoms with Crippen LogP contribution in [-0.2, 0) is 14.4 Å². The van der Waals surface area contributed by atoms with Crippen LogP contribution in [0.3, 0.4) is 0 Å². The van der Waals surface area contributed by atoms with E-state index in [2.05, 4.69) is 31.9 Å². The predicted molar refractivity (Wildman–Crippen MR) is 113 cm³/mol. The summed E-state index contributed by atoms with van der Waals surface area (Å²) in [6.45, 7) is -0.195. The Kier molecular flexibility index (Phi) is 8.43. The van der Waals surface area contributed by atoms with Crippen LogP contribution in [-0.4, -0.2) is 49.3 Å². The van der Waals surface area contributed by atoms with Gasteiger partial charge in [-0.05, 0) is 47.2 Å². The minimum Gasteiger partial charge on any atom is -0.346 e. The molecule has 28 heavy (non-hydrogen) atoms. The number of anilines is 2. The Balaban J connectivity index is 1.71. The summed E-state index contributed by atoms with van der Waals surface area (Å²) in [6.07, 6.45) is 0. The molecule has 0 atom stereocenters. The molecule has 3 N–H and O–H groups in total. The topological polar surface area (TPSA) is 90.5 Å². The Labute approximate surface area is 176 Å². The van der Waals surface area contributed by atoms with Gasteiger partial charge in [-0.3, -0.25) is 19.3 Å². The Morgan fingerprint density at radius 3 is 2.14 bits per heavy atom. The van der Waals surface area contributed by atoms with Crippen LogP contribution in [0.15, 0.2) is 53.0 Å². The molecule has 0 bridgehead atoms. The number of rotatable bonds is 8. The Hall–Kier alpha value is -2.42. The third kappa shape index (κ3) is 7.30. The van der Waals surface area contributed by atoms with Gasteiger partial charge in [0, 0.05) is 4.47 Å². The first-order valence-corrected chi connectivity index (χ1v) is 9.56. The molecular formula is C19H20BrClN4O3. The van der Waals surface area contributed by atoms with Crippen molar-refractivity contribution in [3.8, 4) is 0 Å². The number of halogens is 2. The average Bonchev–Trinajstić information content (AvgIpc) is 2.63. The minimum atomic E-state index is -0.365. The first kappa shape index (κ1) is 21.9. The fourth-order valence-electron chi connectivity index (χ4n) is 2.29. The first-order valence-electron chi connectivity index (χ1n) is 8.39. The van der Waals surface area contributed by atoms with Crippen LogP contribution in [0.5, 0.6) is 0 Å². The fourth-order valence-corrected chi connectivity index (χ4v) is 2.86. The molecule has 0 aliphatic heterocycles. The summed E-state index contributed by atoms with van der Waals surface area (Å²) in [6, 6.07) is 14.1. The molecule has 148 valence electrons. The third-order valence-electron chi connectivity index (χ3n) is 3.57. The van der Waals surface area contributed by atoms with Crippen LogP contribution in [0.1, 0.15) is 0 Å². The van der Waals surface area contributed by atoms with Crippen molar-refractivity contribution in [1.29, 1.82) is 0 Å². The van der Waals surface area contributed by atoms with Gasteiger partial charge >= 0.3 is 0 Å². The molecule has 0 aliphatic rings. The van der Waals surface area contributed by atoms with E-state index in [1.54, 1.807) is 49.5 Å². The molecule has 2 aromatic carbocycles. The van der Waals surface area contributed by atoms with E-state index in [0.29, 0.717) is 16.4 Å². The summed E-state index contributed by atoms with van der Waals surface area (Å²) in [4.78, 5) is 37.5. The highest BCUT2D eigenvalue weighted by Gasteiger charge is 2.13. The van der Waals surface area contributed by atoms with Gasteiger partial charge in [-0.1, -0.05) is 35.9 Å². The maximum Gasteiger partial charge on any atom is 0.243 e. The predicted octanol–water partition coefficient (Wildman–Crippen LogP) is 2.73. The van der Waals surface area contributed by atoms with Gasteiger partial charge < -0.3 is 16.0 Å². The molecular weight excluding hydrogens is 448 g/mol. The zero-order valence-electron chi connectivity index (χ0n) is 15.2. The normalized spacial score (nSPS) is 10.4. The van der Waals surface area contributed by atoms with Gasteiger partial charge in [0.05, 0.1) is 36.0 Å². The lowest BCUT2D eigenvalue weighted by atomic mass is 10.3. The number of amides is 3. The van der Waals surface area contributed by atoms with E-state index in [9.17, 15) is 14.4 Å². The molecule has 0 fully saturated rings. The summed E-state index contributed by atoms with van der Waals surface area (Å²) in [5, 5.41) is 8.34. The molecule has 0 saturated heterocycles. The number of carbonyl (C=O) groups is 3. The fraction of sp³-hybridized carbons (Fsp3) is 0.211. The SMILES string of the molecule is CN(CC(=O)NCC(=O)Nc1ccccc1Br)CC(=O)Nc1ccccc1Cl. The molecule has 0 aliphatic carbocycles. The highest BCUT2D eigenvalue weighted by atomic mass is 79.9. The van der Waals surface area contributed by atoms with Crippen molar-refractivity contribution < 1.29 is 14.4 Å². The molecule has 0 saturated carbocycles. The van der Waals surface area contributed by atoms with Gasteiger partial charge in [0.25, 0.3) is 0 Å². The van der Waals surface area contributed by atoms with Crippen LogP contribution in [0.4, 0.5) is 11.4 Å². The largest absolute Gasteiger partial charge is 0.346 e. The second-order valence-corrected chi connectivity index (χ2v) is 7.27. The van der Waals surface area contributed by atoms with E-state index < -0.39 is 0 Å². The van der Waals surface area contributed by atoms with Crippen molar-refractivity contribution in [3.63, 3.8) is 0 Å². The van der Waals surface area contributed by atoms with Crippen LogP contribution in [0.2, 0.25) is 5.02 Å². The molecule has 2 aromatic rings. The summed E-state index contributed by atoms with van der Waals surface area (Å²) in [5.74, 6) is -1.01. The van der Waals surface area contributed by atoms with Crippen LogP contribution in [0, 0.1) is 0 Å². The lowest BCUT2D eigenvalue weighted by Gasteiger charge is -2.16. The number of likely N-dealkylation sites (N-methyl/N-ethyl adjacent to an activating group) is 1. The van der Waals surface area contributed by atoms with E-state index in [0.717, 1.165) is 4.47 Å². The van der Waals surface area contributed by atoms with Crippen LogP contribution < -0.4 is 16.0 Å². The Morgan fingerprint density at radius 2 is 1.46 bits per heavy atom. The number of benzene rings is 2. The van der Waals surface area contributed by atoms with E-state index >= 15 is 0 Å². The number of para-hydroxylation sites is 2. The molecule has 0 heterocycles. The summed E-state index contributed by atoms with van der Waals surface area (Å²) in [5.41, 5.74) is 1.13. The molecule has 7 nitrogen and oxygen atoms in total. The van der Waals surface area contributed by atoms with Gasteiger partial charge in [0.1, 0.15) is 0 Å². The molecule has 0 unspecified atom stereocenters. The molecule has 3 amide bonds. The molecule has 2 rings (SSSR count). The number of hydrogen-bond donors (Lipinski definition) is 3. The van der Waals surface area contributed by atoms with Gasteiger partial charge in [0.15, 0.2) is 0 Å². The van der Waals surface area contributed by atoms with Gasteiger partial charge in [0.2, 0.25) is 17.7 Å². The number of carbonyl (C=O) groups excluding carboxylic acids is 3. The van der Waals surface area contributed by atoms with Crippen molar-refractivity contribution in [3.05, 3.63) is 58.0 Å². The molecule has 9 heteroatoms. The van der Waals surface area contributed by atoms with Crippen molar-refractivity contribution in [1.82, 2.24) is 10.2 Å². The Morgan fingerprint density at radius 1 is 0.893 bits per heavy atom. The van der Waals surface area contributed by atoms with Crippen LogP contribution in [0.25, 0.3) is 0 Å². The smallest absolute Gasteiger partial charge is 0.243 e. The number of nitrogens with one attached hydrogen (secondary N) is 3. The highest BCUT2D eigenvalue weighted by Crippen LogP contribution is 2.21. The third-order valence-corrected chi connectivity index (χ3v) is 4.59. The van der Waals surface area contributed by atoms with Crippen molar-refractivity contribution in [2.75, 3.05) is 37.3 Å². The zero-order chi connectivity index (χ0) is 20.5. The van der Waals surface area contributed by atoms with Crippen molar-refractivity contribution in [2.45, 2.75) is 0 Å². The van der Waals surface area contributed by atoms with E-state index in [4.69, 9.17) is 11.6 Å². The van der Waals surface area contributed by atoms with E-state index in [1.165, 1.54) is 4.90 Å². The van der Waals surface area contributed by atoms with Crippen LogP contribution >= 0.6 is 27.5 Å². The lowest BCUT2D eigenvalue weighted by Crippen LogP contribution is -2.41. The zero-order valence-corrected chi connectivity index (χ0v) is 17.5. The number of nitrogens with zero attached hydrogens (tertiary/aromatic N) is 1. The molecule has 0 radical (unpaired) electrons. The quantitative estimate of drug-likeness (QED) is 0.557. The summed E-state index contributed by atoms with van der Waals surface area (Å²) in [7, 11) is 1.63. The lowest BCUT2D eigenvalue weighted by molar-refractivity contribution is -0.125. The minimum absolute atomic E-state index is 0.00179. The van der Waals surface area contributed by atoms with Gasteiger partial charge in [-0.25, -0.2) is 0 Å². The van der Waals surface area contributed by atoms with E-state index in [-0.39, 0.29) is 37.4 Å². The second-order valence-electron chi connectivity index (χ2n) is 6.01. The first-order chi connectivity index (χ1) is 13.3. The summed E-state index contributed by atoms with van der Waals surface area (Å²) >= 11 is 9.33. The average molecular weight is 468 g/mol. The maximum absolute atomic E-state index is 12.0. The standard InChI is InChI=1S/C19H20BrClN4O3/c1-25(12-19(28)24-16-9-5-3-7-14(16)21)11-18(27)22-10-17(26)23-15-8-4-2-6-13(15)20/h2-9H,10-12H2,1H3,(H,22,27)(H,23,26)(H,24,28). The van der Waals surface area contributed by atoms with Crippen molar-refractivity contribution >= 4 is 56.6 Å². The molecule has 0 spiro atoms. The number of hydrogen-bond acceptors (Lipinski definition) is 4. The molecule has 0 aromatic heterocycles. The second kappa shape index (κ2) is 10.8. The summed E-state index contributed by atoms with van der Waals surface area (Å²) < 4.78 is 0.749. The monoisotopic (exact) mass is 466 g/mol. The Bertz CT molecular complexity index is 863. The van der Waals surface area contributed by atoms with Gasteiger partial charge in [-0.15, -0.1) is 0 Å². The van der Waals surface area contributed by atoms with Crippen molar-refractivity contribution in [2.24, 2.45) is 0 Å². The van der Waals surface area contributed by atoms with Gasteiger partial charge in [-0.2, -0.15) is 0 Å².